The van der Waals surface area contributed by atoms with Gasteiger partial charge in [0, 0.05) is 0 Å². The average molecular weight is 208 g/mol. The standard InChI is InChI=1S/C7H8N6S/c1-4-9-7(13-10-4)14-6-3-2-5(8)11-12-6/h2-3H,1H3,(H2,8,11)(H,9,10,13). The first kappa shape index (κ1) is 8.95. The zero-order valence-electron chi connectivity index (χ0n) is 7.43. The van der Waals surface area contributed by atoms with Gasteiger partial charge in [-0.1, -0.05) is 0 Å². The quantitative estimate of drug-likeness (QED) is 0.752. The minimum Gasteiger partial charge on any atom is -0.382 e. The van der Waals surface area contributed by atoms with Crippen molar-refractivity contribution in [3.05, 3.63) is 18.0 Å². The van der Waals surface area contributed by atoms with E-state index in [1.54, 1.807) is 12.1 Å². The Kier molecular flexibility index (Phi) is 2.32. The molecule has 72 valence electrons. The Morgan fingerprint density at radius 2 is 2.21 bits per heavy atom. The predicted molar refractivity (Wildman–Crippen MR) is 51.7 cm³/mol. The Labute approximate surface area is 84.3 Å². The van der Waals surface area contributed by atoms with Crippen LogP contribution in [-0.4, -0.2) is 25.4 Å². The lowest BCUT2D eigenvalue weighted by Crippen LogP contribution is -1.92. The van der Waals surface area contributed by atoms with Crippen molar-refractivity contribution in [2.75, 3.05) is 5.73 Å². The van der Waals surface area contributed by atoms with Crippen molar-refractivity contribution in [1.29, 1.82) is 0 Å². The second kappa shape index (κ2) is 3.62. The molecule has 0 aromatic carbocycles. The molecule has 0 saturated heterocycles. The van der Waals surface area contributed by atoms with Crippen LogP contribution in [0.3, 0.4) is 0 Å². The van der Waals surface area contributed by atoms with Gasteiger partial charge in [0.1, 0.15) is 16.7 Å². The molecule has 0 fully saturated rings. The smallest absolute Gasteiger partial charge is 0.214 e. The lowest BCUT2D eigenvalue weighted by Gasteiger charge is -1.94. The van der Waals surface area contributed by atoms with Crippen LogP contribution in [0.25, 0.3) is 0 Å². The second-order valence-corrected chi connectivity index (χ2v) is 3.59. The summed E-state index contributed by atoms with van der Waals surface area (Å²) in [6, 6.07) is 3.47. The summed E-state index contributed by atoms with van der Waals surface area (Å²) in [5, 5.41) is 15.7. The number of H-pyrrole nitrogens is 1. The molecule has 0 radical (unpaired) electrons. The van der Waals surface area contributed by atoms with Crippen LogP contribution in [0.5, 0.6) is 0 Å². The molecular formula is C7H8N6S. The zero-order valence-corrected chi connectivity index (χ0v) is 8.25. The highest BCUT2D eigenvalue weighted by Gasteiger charge is 2.03. The van der Waals surface area contributed by atoms with Crippen molar-refractivity contribution >= 4 is 17.6 Å². The first-order chi connectivity index (χ1) is 6.74. The van der Waals surface area contributed by atoms with E-state index in [1.807, 2.05) is 6.92 Å². The maximum atomic E-state index is 5.40. The Bertz CT molecular complexity index is 422. The van der Waals surface area contributed by atoms with E-state index in [1.165, 1.54) is 11.8 Å². The van der Waals surface area contributed by atoms with Crippen molar-refractivity contribution in [3.8, 4) is 0 Å². The van der Waals surface area contributed by atoms with E-state index in [4.69, 9.17) is 5.73 Å². The van der Waals surface area contributed by atoms with Crippen molar-refractivity contribution in [1.82, 2.24) is 25.4 Å². The minimum atomic E-state index is 0.403. The van der Waals surface area contributed by atoms with Gasteiger partial charge in [0.15, 0.2) is 0 Å². The first-order valence-corrected chi connectivity index (χ1v) is 4.72. The number of rotatable bonds is 2. The number of anilines is 1. The Morgan fingerprint density at radius 3 is 2.79 bits per heavy atom. The molecule has 0 saturated carbocycles. The van der Waals surface area contributed by atoms with Gasteiger partial charge in [-0.25, -0.2) is 4.98 Å². The van der Waals surface area contributed by atoms with Gasteiger partial charge in [-0.2, -0.15) is 0 Å². The van der Waals surface area contributed by atoms with E-state index < -0.39 is 0 Å². The van der Waals surface area contributed by atoms with Crippen LogP contribution in [0.15, 0.2) is 22.3 Å². The monoisotopic (exact) mass is 208 g/mol. The fourth-order valence-corrected chi connectivity index (χ4v) is 1.52. The van der Waals surface area contributed by atoms with Crippen molar-refractivity contribution in [2.45, 2.75) is 17.1 Å². The van der Waals surface area contributed by atoms with Gasteiger partial charge in [0.25, 0.3) is 0 Å². The third-order valence-electron chi connectivity index (χ3n) is 1.43. The van der Waals surface area contributed by atoms with Crippen LogP contribution in [0.2, 0.25) is 0 Å². The van der Waals surface area contributed by atoms with Gasteiger partial charge in [-0.05, 0) is 30.8 Å². The van der Waals surface area contributed by atoms with E-state index >= 15 is 0 Å². The van der Waals surface area contributed by atoms with E-state index in [0.717, 1.165) is 10.9 Å². The molecule has 0 aliphatic rings. The fraction of sp³-hybridized carbons (Fsp3) is 0.143. The minimum absolute atomic E-state index is 0.403. The highest BCUT2D eigenvalue weighted by molar-refractivity contribution is 7.99. The lowest BCUT2D eigenvalue weighted by atomic mass is 10.5. The SMILES string of the molecule is Cc1nc(Sc2ccc(N)nn2)n[nH]1. The number of nitrogens with one attached hydrogen (secondary N) is 1. The molecule has 6 nitrogen and oxygen atoms in total. The normalized spacial score (nSPS) is 10.4. The maximum Gasteiger partial charge on any atom is 0.214 e. The largest absolute Gasteiger partial charge is 0.382 e. The van der Waals surface area contributed by atoms with E-state index in [0.29, 0.717) is 11.0 Å². The van der Waals surface area contributed by atoms with E-state index in [2.05, 4.69) is 25.4 Å². The summed E-state index contributed by atoms with van der Waals surface area (Å²) in [6.07, 6.45) is 0. The van der Waals surface area contributed by atoms with Gasteiger partial charge in [0.05, 0.1) is 0 Å². The number of nitrogens with two attached hydrogens (primary N) is 1. The van der Waals surface area contributed by atoms with Crippen molar-refractivity contribution in [3.63, 3.8) is 0 Å². The van der Waals surface area contributed by atoms with Crippen molar-refractivity contribution < 1.29 is 0 Å². The van der Waals surface area contributed by atoms with E-state index in [9.17, 15) is 0 Å². The molecule has 0 atom stereocenters. The molecule has 3 N–H and O–H groups in total. The Morgan fingerprint density at radius 1 is 1.36 bits per heavy atom. The number of hydrogen-bond donors (Lipinski definition) is 2. The molecule has 14 heavy (non-hydrogen) atoms. The third-order valence-corrected chi connectivity index (χ3v) is 2.23. The molecule has 2 rings (SSSR count). The summed E-state index contributed by atoms with van der Waals surface area (Å²) in [6.45, 7) is 1.84. The van der Waals surface area contributed by atoms with Gasteiger partial charge < -0.3 is 5.73 Å². The van der Waals surface area contributed by atoms with Crippen LogP contribution in [0, 0.1) is 6.92 Å². The summed E-state index contributed by atoms with van der Waals surface area (Å²) in [7, 11) is 0. The van der Waals surface area contributed by atoms with Crippen molar-refractivity contribution in [2.24, 2.45) is 0 Å². The number of nitrogens with zero attached hydrogens (tertiary/aromatic N) is 4. The lowest BCUT2D eigenvalue weighted by molar-refractivity contribution is 0.922. The molecule has 2 heterocycles. The number of hydrogen-bond acceptors (Lipinski definition) is 6. The molecular weight excluding hydrogens is 200 g/mol. The van der Waals surface area contributed by atoms with Crippen LogP contribution in [0.1, 0.15) is 5.82 Å². The molecule has 0 aliphatic carbocycles. The molecule has 7 heteroatoms. The van der Waals surface area contributed by atoms with E-state index in [-0.39, 0.29) is 0 Å². The number of nitrogen functional groups attached to an aromatic ring is 1. The molecule has 0 bridgehead atoms. The molecule has 2 aromatic heterocycles. The molecule has 0 unspecified atom stereocenters. The number of aryl methyl sites for hydroxylation is 1. The highest BCUT2D eigenvalue weighted by Crippen LogP contribution is 2.21. The van der Waals surface area contributed by atoms with Crippen LogP contribution in [0.4, 0.5) is 5.82 Å². The summed E-state index contributed by atoms with van der Waals surface area (Å²) < 4.78 is 0. The number of aromatic amines is 1. The topological polar surface area (TPSA) is 93.4 Å². The summed E-state index contributed by atoms with van der Waals surface area (Å²) >= 11 is 1.33. The Balaban J connectivity index is 2.15. The highest BCUT2D eigenvalue weighted by atomic mass is 32.2. The van der Waals surface area contributed by atoms with Gasteiger partial charge in [0.2, 0.25) is 5.16 Å². The van der Waals surface area contributed by atoms with Crippen LogP contribution >= 0.6 is 11.8 Å². The maximum absolute atomic E-state index is 5.40. The molecule has 2 aromatic rings. The van der Waals surface area contributed by atoms with Gasteiger partial charge in [-0.15, -0.1) is 15.3 Å². The second-order valence-electron chi connectivity index (χ2n) is 2.60. The first-order valence-electron chi connectivity index (χ1n) is 3.90. The summed E-state index contributed by atoms with van der Waals surface area (Å²) in [5.74, 6) is 1.18. The zero-order chi connectivity index (χ0) is 9.97. The van der Waals surface area contributed by atoms with Gasteiger partial charge in [-0.3, -0.25) is 5.10 Å². The van der Waals surface area contributed by atoms with Gasteiger partial charge >= 0.3 is 0 Å². The van der Waals surface area contributed by atoms with Crippen LogP contribution < -0.4 is 5.73 Å². The number of aromatic nitrogens is 5. The molecule has 0 aliphatic heterocycles. The summed E-state index contributed by atoms with van der Waals surface area (Å²) in [4.78, 5) is 4.13. The average Bonchev–Trinajstić information content (AvgIpc) is 2.56. The molecule has 0 amide bonds. The third kappa shape index (κ3) is 1.99. The predicted octanol–water partition coefficient (Wildman–Crippen LogP) is 0.637. The Hall–Kier alpha value is -1.63. The fourth-order valence-electron chi connectivity index (χ4n) is 0.846. The molecule has 0 spiro atoms. The summed E-state index contributed by atoms with van der Waals surface area (Å²) in [5.41, 5.74) is 5.40. The van der Waals surface area contributed by atoms with Crippen LogP contribution in [-0.2, 0) is 0 Å².